The molecular weight excluding hydrogens is 395 g/mol. The second kappa shape index (κ2) is 9.19. The van der Waals surface area contributed by atoms with E-state index in [-0.39, 0.29) is 13.1 Å². The van der Waals surface area contributed by atoms with Gasteiger partial charge in [0.25, 0.3) is 5.91 Å². The summed E-state index contributed by atoms with van der Waals surface area (Å²) in [6, 6.07) is 9.08. The Morgan fingerprint density at radius 2 is 1.80 bits per heavy atom. The summed E-state index contributed by atoms with van der Waals surface area (Å²) in [7, 11) is 0. The number of hydrogen-bond acceptors (Lipinski definition) is 3. The number of H-pyrrole nitrogens is 1. The summed E-state index contributed by atoms with van der Waals surface area (Å²) in [5.41, 5.74) is 2.44. The zero-order valence-electron chi connectivity index (χ0n) is 16.9. The number of carbonyl (C=O) groups is 1. The predicted molar refractivity (Wildman–Crippen MR) is 111 cm³/mol. The Labute approximate surface area is 174 Å². The Morgan fingerprint density at radius 1 is 1.13 bits per heavy atom. The van der Waals surface area contributed by atoms with Crippen LogP contribution in [0.2, 0.25) is 0 Å². The van der Waals surface area contributed by atoms with Crippen molar-refractivity contribution in [2.45, 2.75) is 39.0 Å². The molecule has 3 heterocycles. The SMILES string of the molecule is CC.O=C(c1ccc(OC(F)(F)F)cc1)N1CCC(c2ccnc3[nH]ccc23)CC1.[HH]. The quantitative estimate of drug-likeness (QED) is 0.586. The van der Waals surface area contributed by atoms with Crippen LogP contribution < -0.4 is 4.74 Å². The maximum absolute atomic E-state index is 12.7. The number of halogens is 3. The summed E-state index contributed by atoms with van der Waals surface area (Å²) in [6.45, 7) is 5.19. The normalized spacial score (nSPS) is 14.9. The summed E-state index contributed by atoms with van der Waals surface area (Å²) < 4.78 is 40.6. The molecule has 1 aliphatic heterocycles. The maximum Gasteiger partial charge on any atom is 0.573 e. The van der Waals surface area contributed by atoms with Gasteiger partial charge in [-0.2, -0.15) is 0 Å². The zero-order valence-corrected chi connectivity index (χ0v) is 16.9. The lowest BCUT2D eigenvalue weighted by Crippen LogP contribution is -2.37. The van der Waals surface area contributed by atoms with E-state index in [1.807, 2.05) is 32.2 Å². The van der Waals surface area contributed by atoms with Crippen molar-refractivity contribution in [3.05, 3.63) is 59.9 Å². The van der Waals surface area contributed by atoms with Gasteiger partial charge < -0.3 is 14.6 Å². The number of likely N-dealkylation sites (tertiary alicyclic amines) is 1. The van der Waals surface area contributed by atoms with Crippen LogP contribution in [0, 0.1) is 0 Å². The minimum absolute atomic E-state index is 0. The Bertz CT molecular complexity index is 982. The summed E-state index contributed by atoms with van der Waals surface area (Å²) in [6.07, 6.45) is 0.560. The number of nitrogens with zero attached hydrogens (tertiary/aromatic N) is 2. The largest absolute Gasteiger partial charge is 0.573 e. The third-order valence-electron chi connectivity index (χ3n) is 5.05. The van der Waals surface area contributed by atoms with Crippen LogP contribution in [0.15, 0.2) is 48.8 Å². The molecule has 162 valence electrons. The first-order valence-electron chi connectivity index (χ1n) is 9.98. The van der Waals surface area contributed by atoms with Crippen LogP contribution in [0.1, 0.15) is 50.0 Å². The highest BCUT2D eigenvalue weighted by Gasteiger charge is 2.31. The molecule has 0 saturated carbocycles. The molecular formula is C22H26F3N3O2. The van der Waals surface area contributed by atoms with Crippen molar-refractivity contribution < 1.29 is 24.1 Å². The van der Waals surface area contributed by atoms with Crippen molar-refractivity contribution >= 4 is 16.9 Å². The molecule has 0 bridgehead atoms. The highest BCUT2D eigenvalue weighted by molar-refractivity contribution is 5.94. The van der Waals surface area contributed by atoms with Crippen LogP contribution >= 0.6 is 0 Å². The number of fused-ring (bicyclic) bond motifs is 1. The van der Waals surface area contributed by atoms with E-state index in [1.54, 1.807) is 11.1 Å². The van der Waals surface area contributed by atoms with Crippen LogP contribution in [0.25, 0.3) is 11.0 Å². The number of nitrogens with one attached hydrogen (secondary N) is 1. The fourth-order valence-corrected chi connectivity index (χ4v) is 3.71. The van der Waals surface area contributed by atoms with Gasteiger partial charge in [-0.15, -0.1) is 13.2 Å². The molecule has 1 N–H and O–H groups in total. The number of hydrogen-bond donors (Lipinski definition) is 1. The van der Waals surface area contributed by atoms with Crippen molar-refractivity contribution in [3.63, 3.8) is 0 Å². The molecule has 1 fully saturated rings. The first-order valence-corrected chi connectivity index (χ1v) is 9.98. The number of rotatable bonds is 3. The molecule has 5 nitrogen and oxygen atoms in total. The van der Waals surface area contributed by atoms with E-state index < -0.39 is 6.36 Å². The van der Waals surface area contributed by atoms with Crippen molar-refractivity contribution in [2.75, 3.05) is 13.1 Å². The Morgan fingerprint density at radius 3 is 2.43 bits per heavy atom. The minimum atomic E-state index is -4.74. The highest BCUT2D eigenvalue weighted by atomic mass is 19.4. The number of aromatic nitrogens is 2. The third kappa shape index (κ3) is 4.93. The first kappa shape index (κ1) is 21.7. The molecule has 0 radical (unpaired) electrons. The fourth-order valence-electron chi connectivity index (χ4n) is 3.71. The van der Waals surface area contributed by atoms with Crippen molar-refractivity contribution in [3.8, 4) is 5.75 Å². The summed E-state index contributed by atoms with van der Waals surface area (Å²) in [5, 5.41) is 1.10. The van der Waals surface area contributed by atoms with E-state index in [0.717, 1.165) is 36.0 Å². The van der Waals surface area contributed by atoms with Gasteiger partial charge in [0.05, 0.1) is 0 Å². The standard InChI is InChI=1S/C20H18F3N3O2.C2H6.H2/c21-20(22,23)28-15-3-1-14(2-4-15)19(27)26-11-7-13(8-12-26)16-5-9-24-18-17(16)6-10-25-18;1-2;/h1-6,9-10,13H,7-8,11-12H2,(H,24,25);1-2H3;1H. The highest BCUT2D eigenvalue weighted by Crippen LogP contribution is 2.32. The predicted octanol–water partition coefficient (Wildman–Crippen LogP) is 5.75. The second-order valence-corrected chi connectivity index (χ2v) is 6.78. The van der Waals surface area contributed by atoms with Gasteiger partial charge >= 0.3 is 6.36 Å². The molecule has 0 unspecified atom stereocenters. The van der Waals surface area contributed by atoms with Gasteiger partial charge in [-0.1, -0.05) is 13.8 Å². The fraction of sp³-hybridized carbons (Fsp3) is 0.364. The van der Waals surface area contributed by atoms with Gasteiger partial charge in [0, 0.05) is 37.9 Å². The summed E-state index contributed by atoms with van der Waals surface area (Å²) in [4.78, 5) is 21.8. The lowest BCUT2D eigenvalue weighted by atomic mass is 9.88. The molecule has 1 saturated heterocycles. The third-order valence-corrected chi connectivity index (χ3v) is 5.05. The monoisotopic (exact) mass is 421 g/mol. The number of pyridine rings is 1. The second-order valence-electron chi connectivity index (χ2n) is 6.78. The number of piperidine rings is 1. The van der Waals surface area contributed by atoms with Crippen LogP contribution in [0.3, 0.4) is 0 Å². The molecule has 30 heavy (non-hydrogen) atoms. The molecule has 1 aromatic carbocycles. The van der Waals surface area contributed by atoms with Gasteiger partial charge in [-0.25, -0.2) is 4.98 Å². The molecule has 8 heteroatoms. The van der Waals surface area contributed by atoms with Crippen LogP contribution in [-0.4, -0.2) is 40.2 Å². The molecule has 1 aliphatic rings. The van der Waals surface area contributed by atoms with E-state index in [0.29, 0.717) is 24.6 Å². The van der Waals surface area contributed by atoms with Crippen LogP contribution in [-0.2, 0) is 0 Å². The minimum Gasteiger partial charge on any atom is -0.406 e. The zero-order chi connectivity index (χ0) is 21.7. The molecule has 0 atom stereocenters. The van der Waals surface area contributed by atoms with Crippen molar-refractivity contribution in [1.82, 2.24) is 14.9 Å². The topological polar surface area (TPSA) is 58.2 Å². The molecule has 0 aliphatic carbocycles. The molecule has 4 rings (SSSR count). The number of alkyl halides is 3. The van der Waals surface area contributed by atoms with E-state index >= 15 is 0 Å². The Hall–Kier alpha value is -3.03. The molecule has 3 aromatic rings. The molecule has 2 aromatic heterocycles. The number of aromatic amines is 1. The van der Waals surface area contributed by atoms with E-state index in [9.17, 15) is 18.0 Å². The smallest absolute Gasteiger partial charge is 0.406 e. The lowest BCUT2D eigenvalue weighted by Gasteiger charge is -2.32. The molecule has 1 amide bonds. The Kier molecular flexibility index (Phi) is 6.64. The summed E-state index contributed by atoms with van der Waals surface area (Å²) in [5.74, 6) is -0.178. The van der Waals surface area contributed by atoms with Crippen molar-refractivity contribution in [1.29, 1.82) is 0 Å². The van der Waals surface area contributed by atoms with E-state index in [4.69, 9.17) is 0 Å². The van der Waals surface area contributed by atoms with E-state index in [1.165, 1.54) is 17.7 Å². The van der Waals surface area contributed by atoms with Crippen LogP contribution in [0.4, 0.5) is 13.2 Å². The number of carbonyl (C=O) groups excluding carboxylic acids is 1. The van der Waals surface area contributed by atoms with Crippen LogP contribution in [0.5, 0.6) is 5.75 Å². The number of amides is 1. The van der Waals surface area contributed by atoms with Gasteiger partial charge in [0.2, 0.25) is 0 Å². The average molecular weight is 421 g/mol. The molecule has 0 spiro atoms. The van der Waals surface area contributed by atoms with Gasteiger partial charge in [0.15, 0.2) is 0 Å². The summed E-state index contributed by atoms with van der Waals surface area (Å²) >= 11 is 0. The number of benzene rings is 1. The van der Waals surface area contributed by atoms with Gasteiger partial charge in [-0.3, -0.25) is 4.79 Å². The first-order chi connectivity index (χ1) is 14.4. The average Bonchev–Trinajstić information content (AvgIpc) is 3.23. The van der Waals surface area contributed by atoms with E-state index in [2.05, 4.69) is 14.7 Å². The van der Waals surface area contributed by atoms with Gasteiger partial charge in [0.1, 0.15) is 11.4 Å². The lowest BCUT2D eigenvalue weighted by molar-refractivity contribution is -0.274. The Balaban J connectivity index is 0.00000111. The maximum atomic E-state index is 12.7. The van der Waals surface area contributed by atoms with Gasteiger partial charge in [-0.05, 0) is 60.7 Å². The van der Waals surface area contributed by atoms with Crippen molar-refractivity contribution in [2.24, 2.45) is 0 Å². The number of ether oxygens (including phenoxy) is 1.